The van der Waals surface area contributed by atoms with Crippen LogP contribution in [0.15, 0.2) is 51.4 Å². The maximum Gasteiger partial charge on any atom is 0.166 e. The lowest BCUT2D eigenvalue weighted by Crippen LogP contribution is -2.19. The monoisotopic (exact) mass is 408 g/mol. The van der Waals surface area contributed by atoms with Crippen molar-refractivity contribution in [3.63, 3.8) is 0 Å². The van der Waals surface area contributed by atoms with Crippen LogP contribution in [0.2, 0.25) is 0 Å². The van der Waals surface area contributed by atoms with Crippen LogP contribution in [-0.4, -0.2) is 12.4 Å². The fourth-order valence-electron chi connectivity index (χ4n) is 2.64. The molecule has 0 aromatic heterocycles. The second-order valence-corrected chi connectivity index (χ2v) is 6.83. The Bertz CT molecular complexity index is 682. The molecule has 0 aliphatic carbocycles. The molecule has 0 spiro atoms. The Labute approximate surface area is 140 Å². The number of Topliss-reactive ketones (excluding diaryl/α,β-unsaturated/α-hetero) is 1. The summed E-state index contributed by atoms with van der Waals surface area (Å²) >= 11 is 6.86. The first kappa shape index (κ1) is 14.9. The van der Waals surface area contributed by atoms with E-state index in [9.17, 15) is 4.79 Å². The topological polar surface area (TPSA) is 26.3 Å². The van der Waals surface area contributed by atoms with Gasteiger partial charge in [0.15, 0.2) is 5.78 Å². The molecule has 1 heterocycles. The van der Waals surface area contributed by atoms with Gasteiger partial charge >= 0.3 is 0 Å². The molecule has 0 radical (unpaired) electrons. The number of hydrogen-bond acceptors (Lipinski definition) is 2. The molecule has 2 aromatic rings. The number of carbonyl (C=O) groups excluding carboxylic acids is 1. The van der Waals surface area contributed by atoms with Gasteiger partial charge in [-0.3, -0.25) is 4.79 Å². The van der Waals surface area contributed by atoms with Crippen LogP contribution in [0, 0.1) is 0 Å². The van der Waals surface area contributed by atoms with Crippen LogP contribution in [0.3, 0.4) is 0 Å². The average Bonchev–Trinajstić information content (AvgIpc) is 2.50. The molecule has 108 valence electrons. The van der Waals surface area contributed by atoms with Crippen molar-refractivity contribution in [3.8, 4) is 0 Å². The molecule has 2 aromatic carbocycles. The number of hydrogen-bond donors (Lipinski definition) is 0. The van der Waals surface area contributed by atoms with Gasteiger partial charge in [-0.25, -0.2) is 0 Å². The molecule has 0 bridgehead atoms. The molecule has 2 nitrogen and oxygen atoms in total. The van der Waals surface area contributed by atoms with Gasteiger partial charge in [-0.15, -0.1) is 0 Å². The molecule has 0 N–H and O–H groups in total. The summed E-state index contributed by atoms with van der Waals surface area (Å²) in [5.74, 6) is 0.0879. The highest BCUT2D eigenvalue weighted by Gasteiger charge is 2.24. The van der Waals surface area contributed by atoms with E-state index < -0.39 is 0 Å². The summed E-state index contributed by atoms with van der Waals surface area (Å²) in [5, 5.41) is 0. The van der Waals surface area contributed by atoms with E-state index in [4.69, 9.17) is 4.74 Å². The predicted molar refractivity (Wildman–Crippen MR) is 89.6 cm³/mol. The van der Waals surface area contributed by atoms with Gasteiger partial charge in [0, 0.05) is 20.9 Å². The van der Waals surface area contributed by atoms with Gasteiger partial charge in [0.25, 0.3) is 0 Å². The first-order chi connectivity index (χ1) is 10.1. The largest absolute Gasteiger partial charge is 0.373 e. The molecule has 1 aliphatic heterocycles. The minimum Gasteiger partial charge on any atom is -0.373 e. The molecule has 3 rings (SSSR count). The Morgan fingerprint density at radius 2 is 2.00 bits per heavy atom. The number of benzene rings is 2. The van der Waals surface area contributed by atoms with Gasteiger partial charge in [0.05, 0.1) is 12.7 Å². The van der Waals surface area contributed by atoms with Gasteiger partial charge in [-0.05, 0) is 35.7 Å². The van der Waals surface area contributed by atoms with E-state index in [0.29, 0.717) is 18.6 Å². The summed E-state index contributed by atoms with van der Waals surface area (Å²) in [6.45, 7) is 0.675. The lowest BCUT2D eigenvalue weighted by atomic mass is 9.93. The normalized spacial score (nSPS) is 17.3. The smallest absolute Gasteiger partial charge is 0.166 e. The average molecular weight is 410 g/mol. The molecule has 1 aliphatic rings. The SMILES string of the molecule is O=C(CC1OCCc2ccccc21)c1cc(Br)ccc1Br. The third-order valence-electron chi connectivity index (χ3n) is 3.69. The summed E-state index contributed by atoms with van der Waals surface area (Å²) in [7, 11) is 0. The van der Waals surface area contributed by atoms with Crippen LogP contribution in [0.5, 0.6) is 0 Å². The maximum absolute atomic E-state index is 12.6. The van der Waals surface area contributed by atoms with E-state index in [1.165, 1.54) is 5.56 Å². The Balaban J connectivity index is 1.84. The van der Waals surface area contributed by atoms with Gasteiger partial charge in [-0.2, -0.15) is 0 Å². The molecular formula is C17H14Br2O2. The lowest BCUT2D eigenvalue weighted by molar-refractivity contribution is 0.0351. The minimum absolute atomic E-state index is 0.0879. The molecule has 0 fully saturated rings. The van der Waals surface area contributed by atoms with E-state index in [0.717, 1.165) is 20.9 Å². The highest BCUT2D eigenvalue weighted by molar-refractivity contribution is 9.11. The number of rotatable bonds is 3. The molecule has 1 atom stereocenters. The molecule has 0 amide bonds. The quantitative estimate of drug-likeness (QED) is 0.659. The van der Waals surface area contributed by atoms with Crippen LogP contribution in [0.25, 0.3) is 0 Å². The Morgan fingerprint density at radius 3 is 2.86 bits per heavy atom. The molecule has 21 heavy (non-hydrogen) atoms. The van der Waals surface area contributed by atoms with Crippen molar-refractivity contribution >= 4 is 37.6 Å². The number of carbonyl (C=O) groups is 1. The zero-order valence-corrected chi connectivity index (χ0v) is 14.5. The van der Waals surface area contributed by atoms with Crippen LogP contribution in [0.4, 0.5) is 0 Å². The Hall–Kier alpha value is -0.970. The Kier molecular flexibility index (Phi) is 4.57. The standard InChI is InChI=1S/C17H14Br2O2/c18-12-5-6-15(19)14(9-12)16(20)10-17-13-4-2-1-3-11(13)7-8-21-17/h1-6,9,17H,7-8,10H2. The van der Waals surface area contributed by atoms with E-state index >= 15 is 0 Å². The van der Waals surface area contributed by atoms with Crippen molar-refractivity contribution in [1.82, 2.24) is 0 Å². The molecule has 0 saturated carbocycles. The van der Waals surface area contributed by atoms with E-state index in [1.54, 1.807) is 0 Å². The van der Waals surface area contributed by atoms with E-state index in [2.05, 4.69) is 44.0 Å². The predicted octanol–water partition coefficient (Wildman–Crippen LogP) is 5.10. The molecule has 1 unspecified atom stereocenters. The minimum atomic E-state index is -0.145. The van der Waals surface area contributed by atoms with Crippen LogP contribution < -0.4 is 0 Å². The summed E-state index contributed by atoms with van der Waals surface area (Å²) in [6, 6.07) is 13.8. The number of halogens is 2. The third-order valence-corrected chi connectivity index (χ3v) is 4.88. The molecule has 0 saturated heterocycles. The number of ether oxygens (including phenoxy) is 1. The summed E-state index contributed by atoms with van der Waals surface area (Å²) in [4.78, 5) is 12.6. The summed E-state index contributed by atoms with van der Waals surface area (Å²) in [6.07, 6.45) is 1.14. The fourth-order valence-corrected chi connectivity index (χ4v) is 3.46. The first-order valence-corrected chi connectivity index (χ1v) is 8.41. The van der Waals surface area contributed by atoms with E-state index in [-0.39, 0.29) is 11.9 Å². The van der Waals surface area contributed by atoms with Crippen molar-refractivity contribution in [2.24, 2.45) is 0 Å². The van der Waals surface area contributed by atoms with Crippen molar-refractivity contribution in [2.75, 3.05) is 6.61 Å². The van der Waals surface area contributed by atoms with Gasteiger partial charge in [0.2, 0.25) is 0 Å². The highest BCUT2D eigenvalue weighted by atomic mass is 79.9. The van der Waals surface area contributed by atoms with Crippen LogP contribution in [-0.2, 0) is 11.2 Å². The van der Waals surface area contributed by atoms with Crippen LogP contribution in [0.1, 0.15) is 34.0 Å². The second kappa shape index (κ2) is 6.42. The van der Waals surface area contributed by atoms with Crippen molar-refractivity contribution in [2.45, 2.75) is 18.9 Å². The lowest BCUT2D eigenvalue weighted by Gasteiger charge is -2.25. The molecular weight excluding hydrogens is 396 g/mol. The van der Waals surface area contributed by atoms with Gasteiger partial charge in [-0.1, -0.05) is 56.1 Å². The third kappa shape index (κ3) is 3.28. The number of fused-ring (bicyclic) bond motifs is 1. The van der Waals surface area contributed by atoms with E-state index in [1.807, 2.05) is 30.3 Å². The Morgan fingerprint density at radius 1 is 1.19 bits per heavy atom. The zero-order chi connectivity index (χ0) is 14.8. The van der Waals surface area contributed by atoms with Gasteiger partial charge < -0.3 is 4.74 Å². The first-order valence-electron chi connectivity index (χ1n) is 6.83. The second-order valence-electron chi connectivity index (χ2n) is 5.06. The maximum atomic E-state index is 12.6. The highest BCUT2D eigenvalue weighted by Crippen LogP contribution is 2.32. The summed E-state index contributed by atoms with van der Waals surface area (Å²) in [5.41, 5.74) is 3.12. The number of ketones is 1. The van der Waals surface area contributed by atoms with Crippen molar-refractivity contribution in [1.29, 1.82) is 0 Å². The van der Waals surface area contributed by atoms with Gasteiger partial charge in [0.1, 0.15) is 0 Å². The fraction of sp³-hybridized carbons (Fsp3) is 0.235. The van der Waals surface area contributed by atoms with Crippen molar-refractivity contribution in [3.05, 3.63) is 68.1 Å². The zero-order valence-electron chi connectivity index (χ0n) is 11.3. The molecule has 4 heteroatoms. The van der Waals surface area contributed by atoms with Crippen LogP contribution >= 0.6 is 31.9 Å². The van der Waals surface area contributed by atoms with Crippen molar-refractivity contribution < 1.29 is 9.53 Å². The summed E-state index contributed by atoms with van der Waals surface area (Å²) < 4.78 is 7.54.